The molecular weight excluding hydrogens is 402 g/mol. The molecule has 6 heteroatoms. The largest absolute Gasteiger partial charge is 0.350 e. The van der Waals surface area contributed by atoms with Gasteiger partial charge in [0.15, 0.2) is 0 Å². The number of methoxy groups -OCH3 is 2. The molecule has 1 aromatic rings. The third-order valence-electron chi connectivity index (χ3n) is 7.12. The van der Waals surface area contributed by atoms with Crippen molar-refractivity contribution >= 4 is 46.4 Å². The molecule has 0 N–H and O–H groups in total. The number of hydrogen-bond donors (Lipinski definition) is 0. The second-order valence-corrected chi connectivity index (χ2v) is 9.50. The van der Waals surface area contributed by atoms with Gasteiger partial charge in [-0.05, 0) is 35.8 Å². The molecule has 0 spiro atoms. The normalized spacial score (nSPS) is 45.7. The van der Waals surface area contributed by atoms with Gasteiger partial charge in [-0.15, -0.1) is 23.2 Å². The lowest BCUT2D eigenvalue weighted by Crippen LogP contribution is -2.57. The lowest BCUT2D eigenvalue weighted by atomic mass is 9.53. The van der Waals surface area contributed by atoms with E-state index in [0.29, 0.717) is 10.1 Å². The first-order valence-electron chi connectivity index (χ1n) is 8.53. The molecular formula is C19H18Cl4O2. The number of alkyl halides is 2. The molecule has 1 aromatic carbocycles. The molecule has 25 heavy (non-hydrogen) atoms. The Hall–Kier alpha value is 0.0400. The van der Waals surface area contributed by atoms with E-state index in [9.17, 15) is 0 Å². The van der Waals surface area contributed by atoms with Crippen LogP contribution in [0.15, 0.2) is 34.3 Å². The summed E-state index contributed by atoms with van der Waals surface area (Å²) in [5.74, 6) is -0.694. The molecule has 0 amide bonds. The average molecular weight is 420 g/mol. The fourth-order valence-electron chi connectivity index (χ4n) is 6.43. The molecule has 0 heterocycles. The first-order chi connectivity index (χ1) is 11.9. The highest BCUT2D eigenvalue weighted by molar-refractivity contribution is 6.52. The SMILES string of the molecule is COC1(OC)[C@@]2(Cl)C(Cl)=C(Cl)[C@@]1(Cl)[C@H]1[C@H]2[C@H]2CC[C@H]1c1ccccc12. The van der Waals surface area contributed by atoms with Gasteiger partial charge in [0.25, 0.3) is 0 Å². The van der Waals surface area contributed by atoms with E-state index in [2.05, 4.69) is 24.3 Å². The Balaban J connectivity index is 1.83. The van der Waals surface area contributed by atoms with Gasteiger partial charge < -0.3 is 9.47 Å². The van der Waals surface area contributed by atoms with Gasteiger partial charge in [-0.3, -0.25) is 0 Å². The summed E-state index contributed by atoms with van der Waals surface area (Å²) in [5.41, 5.74) is 2.71. The second-order valence-electron chi connectivity index (χ2n) is 7.55. The molecule has 0 aliphatic heterocycles. The van der Waals surface area contributed by atoms with Crippen LogP contribution in [-0.2, 0) is 9.47 Å². The standard InChI is InChI=1S/C19H18Cl4O2/c1-24-19(25-2)17(22)13-11-7-8-12(10-6-4-3-5-9(10)11)14(13)18(19,23)16(21)15(17)20/h3-6,11-14H,7-8H2,1-2H3/t11-,12-,13+,14+,17-,18-/m0/s1. The third kappa shape index (κ3) is 1.51. The van der Waals surface area contributed by atoms with Crippen molar-refractivity contribution in [2.75, 3.05) is 14.2 Å². The first kappa shape index (κ1) is 17.2. The Labute approximate surface area is 167 Å². The summed E-state index contributed by atoms with van der Waals surface area (Å²) in [6, 6.07) is 8.58. The number of fused-ring (bicyclic) bond motifs is 3. The van der Waals surface area contributed by atoms with Crippen LogP contribution in [0, 0.1) is 11.8 Å². The van der Waals surface area contributed by atoms with Crippen molar-refractivity contribution in [3.05, 3.63) is 45.5 Å². The molecule has 134 valence electrons. The maximum absolute atomic E-state index is 7.28. The molecule has 5 aliphatic carbocycles. The van der Waals surface area contributed by atoms with Crippen LogP contribution in [-0.4, -0.2) is 29.8 Å². The van der Waals surface area contributed by atoms with Gasteiger partial charge in [-0.1, -0.05) is 47.5 Å². The van der Waals surface area contributed by atoms with Crippen molar-refractivity contribution in [2.24, 2.45) is 11.8 Å². The van der Waals surface area contributed by atoms with Gasteiger partial charge in [0.05, 0.1) is 10.1 Å². The molecule has 4 bridgehead atoms. The van der Waals surface area contributed by atoms with Crippen molar-refractivity contribution in [2.45, 2.75) is 40.2 Å². The highest BCUT2D eigenvalue weighted by Crippen LogP contribution is 2.80. The maximum Gasteiger partial charge on any atom is 0.217 e. The smallest absolute Gasteiger partial charge is 0.217 e. The van der Waals surface area contributed by atoms with Gasteiger partial charge in [0.1, 0.15) is 9.75 Å². The third-order valence-corrected chi connectivity index (χ3v) is 9.76. The summed E-state index contributed by atoms with van der Waals surface area (Å²) < 4.78 is 11.8. The lowest BCUT2D eigenvalue weighted by molar-refractivity contribution is -0.220. The number of rotatable bonds is 2. The van der Waals surface area contributed by atoms with Gasteiger partial charge in [-0.2, -0.15) is 0 Å². The maximum atomic E-state index is 7.28. The van der Waals surface area contributed by atoms with E-state index >= 15 is 0 Å². The van der Waals surface area contributed by atoms with Crippen LogP contribution in [0.2, 0.25) is 0 Å². The monoisotopic (exact) mass is 418 g/mol. The second kappa shape index (κ2) is 5.10. The highest BCUT2D eigenvalue weighted by atomic mass is 35.5. The topological polar surface area (TPSA) is 18.5 Å². The van der Waals surface area contributed by atoms with Gasteiger partial charge in [0.2, 0.25) is 5.79 Å². The molecule has 5 aliphatic rings. The van der Waals surface area contributed by atoms with E-state index in [4.69, 9.17) is 55.9 Å². The predicted molar refractivity (Wildman–Crippen MR) is 101 cm³/mol. The first-order valence-corrected chi connectivity index (χ1v) is 10.0. The van der Waals surface area contributed by atoms with Crippen LogP contribution in [0.1, 0.15) is 35.8 Å². The van der Waals surface area contributed by atoms with E-state index in [-0.39, 0.29) is 23.7 Å². The zero-order valence-electron chi connectivity index (χ0n) is 13.9. The Morgan fingerprint density at radius 3 is 1.60 bits per heavy atom. The summed E-state index contributed by atoms with van der Waals surface area (Å²) in [6.45, 7) is 0. The molecule has 0 unspecified atom stereocenters. The van der Waals surface area contributed by atoms with Crippen LogP contribution in [0.25, 0.3) is 0 Å². The Morgan fingerprint density at radius 2 is 1.24 bits per heavy atom. The molecule has 6 atom stereocenters. The molecule has 0 saturated heterocycles. The molecule has 2 fully saturated rings. The molecule has 0 radical (unpaired) electrons. The summed E-state index contributed by atoms with van der Waals surface area (Å²) in [6.07, 6.45) is 2.13. The Morgan fingerprint density at radius 1 is 0.840 bits per heavy atom. The van der Waals surface area contributed by atoms with Gasteiger partial charge in [0, 0.05) is 26.1 Å². The highest BCUT2D eigenvalue weighted by Gasteiger charge is 2.87. The van der Waals surface area contributed by atoms with E-state index in [1.165, 1.54) is 11.1 Å². The van der Waals surface area contributed by atoms with E-state index in [1.54, 1.807) is 14.2 Å². The lowest BCUT2D eigenvalue weighted by Gasteiger charge is -2.53. The van der Waals surface area contributed by atoms with Crippen LogP contribution in [0.4, 0.5) is 0 Å². The minimum absolute atomic E-state index is 0.0233. The fraction of sp³-hybridized carbons (Fsp3) is 0.579. The molecule has 6 rings (SSSR count). The van der Waals surface area contributed by atoms with Gasteiger partial charge >= 0.3 is 0 Å². The Kier molecular flexibility index (Phi) is 3.50. The Bertz CT molecular complexity index is 743. The zero-order valence-corrected chi connectivity index (χ0v) is 16.9. The van der Waals surface area contributed by atoms with Crippen molar-refractivity contribution in [1.29, 1.82) is 0 Å². The van der Waals surface area contributed by atoms with Crippen molar-refractivity contribution < 1.29 is 9.47 Å². The average Bonchev–Trinajstić information content (AvgIpc) is 2.92. The van der Waals surface area contributed by atoms with Crippen LogP contribution >= 0.6 is 46.4 Å². The zero-order chi connectivity index (χ0) is 17.8. The van der Waals surface area contributed by atoms with Crippen LogP contribution in [0.3, 0.4) is 0 Å². The van der Waals surface area contributed by atoms with Crippen molar-refractivity contribution in [3.8, 4) is 0 Å². The van der Waals surface area contributed by atoms with Crippen LogP contribution < -0.4 is 0 Å². The van der Waals surface area contributed by atoms with E-state index in [0.717, 1.165) is 12.8 Å². The predicted octanol–water partition coefficient (Wildman–Crippen LogP) is 5.55. The summed E-state index contributed by atoms with van der Waals surface area (Å²) >= 11 is 27.9. The van der Waals surface area contributed by atoms with E-state index in [1.807, 2.05) is 0 Å². The number of benzene rings is 1. The van der Waals surface area contributed by atoms with E-state index < -0.39 is 15.5 Å². The quantitative estimate of drug-likeness (QED) is 0.461. The van der Waals surface area contributed by atoms with Crippen molar-refractivity contribution in [1.82, 2.24) is 0 Å². The molecule has 0 aromatic heterocycles. The van der Waals surface area contributed by atoms with Crippen LogP contribution in [0.5, 0.6) is 0 Å². The summed E-state index contributed by atoms with van der Waals surface area (Å²) in [5, 5.41) is 0.752. The summed E-state index contributed by atoms with van der Waals surface area (Å²) in [7, 11) is 3.15. The fourth-order valence-corrected chi connectivity index (χ4v) is 8.75. The molecule has 2 saturated carbocycles. The minimum Gasteiger partial charge on any atom is -0.350 e. The number of hydrogen-bond acceptors (Lipinski definition) is 2. The summed E-state index contributed by atoms with van der Waals surface area (Å²) in [4.78, 5) is -2.17. The number of ether oxygens (including phenoxy) is 2. The number of halogens is 4. The molecule has 2 nitrogen and oxygen atoms in total. The minimum atomic E-state index is -1.28. The van der Waals surface area contributed by atoms with Crippen molar-refractivity contribution in [3.63, 3.8) is 0 Å². The van der Waals surface area contributed by atoms with Gasteiger partial charge in [-0.25, -0.2) is 0 Å².